The van der Waals surface area contributed by atoms with E-state index in [0.717, 1.165) is 55.7 Å². The van der Waals surface area contributed by atoms with E-state index in [2.05, 4.69) is 14.9 Å². The molecule has 4 heterocycles. The van der Waals surface area contributed by atoms with Crippen molar-refractivity contribution in [2.75, 3.05) is 42.6 Å². The lowest BCUT2D eigenvalue weighted by molar-refractivity contribution is 0.123. The lowest BCUT2D eigenvalue weighted by Crippen LogP contribution is -2.36. The first kappa shape index (κ1) is 17.4. The normalized spacial score (nSPS) is 20.3. The summed E-state index contributed by atoms with van der Waals surface area (Å²) >= 11 is 0. The minimum atomic E-state index is -0.419. The van der Waals surface area contributed by atoms with Crippen molar-refractivity contribution in [3.63, 3.8) is 0 Å². The van der Waals surface area contributed by atoms with Crippen molar-refractivity contribution >= 4 is 17.2 Å². The maximum Gasteiger partial charge on any atom is 0.180 e. The quantitative estimate of drug-likeness (QED) is 0.693. The maximum atomic E-state index is 14.4. The SMILES string of the molecule is Fc1ccc(F)c([C@H]2CCCN2c2ccn3ncc(N4CCOCC4)c3n2)c1. The molecule has 0 unspecified atom stereocenters. The molecule has 3 aromatic rings. The number of nitrogens with zero attached hydrogens (tertiary/aromatic N) is 5. The van der Waals surface area contributed by atoms with Crippen LogP contribution in [-0.2, 0) is 4.74 Å². The second-order valence-corrected chi connectivity index (χ2v) is 7.20. The molecule has 2 aliphatic rings. The van der Waals surface area contributed by atoms with Gasteiger partial charge in [-0.3, -0.25) is 0 Å². The van der Waals surface area contributed by atoms with Crippen LogP contribution in [0.4, 0.5) is 20.3 Å². The lowest BCUT2D eigenvalue weighted by atomic mass is 10.0. The largest absolute Gasteiger partial charge is 0.378 e. The number of benzene rings is 1. The van der Waals surface area contributed by atoms with Crippen LogP contribution in [-0.4, -0.2) is 47.4 Å². The summed E-state index contributed by atoms with van der Waals surface area (Å²) in [5.41, 5.74) is 2.13. The molecule has 0 amide bonds. The van der Waals surface area contributed by atoms with Crippen LogP contribution in [0.25, 0.3) is 5.65 Å². The molecule has 1 aromatic carbocycles. The Bertz CT molecular complexity index is 1000. The zero-order valence-electron chi connectivity index (χ0n) is 15.4. The number of morpholine rings is 1. The van der Waals surface area contributed by atoms with E-state index >= 15 is 0 Å². The predicted octanol–water partition coefficient (Wildman–Crippen LogP) is 3.19. The Morgan fingerprint density at radius 2 is 1.93 bits per heavy atom. The first-order valence-corrected chi connectivity index (χ1v) is 9.59. The van der Waals surface area contributed by atoms with Crippen molar-refractivity contribution in [1.29, 1.82) is 0 Å². The maximum absolute atomic E-state index is 14.4. The molecular weight excluding hydrogens is 364 g/mol. The fourth-order valence-electron chi connectivity index (χ4n) is 4.17. The average Bonchev–Trinajstić information content (AvgIpc) is 3.37. The molecule has 2 fully saturated rings. The molecule has 0 spiro atoms. The summed E-state index contributed by atoms with van der Waals surface area (Å²) in [6.45, 7) is 3.72. The zero-order valence-corrected chi connectivity index (χ0v) is 15.4. The summed E-state index contributed by atoms with van der Waals surface area (Å²) in [4.78, 5) is 9.13. The summed E-state index contributed by atoms with van der Waals surface area (Å²) < 4.78 is 35.3. The first-order valence-electron chi connectivity index (χ1n) is 9.59. The van der Waals surface area contributed by atoms with Gasteiger partial charge in [0.05, 0.1) is 25.5 Å². The van der Waals surface area contributed by atoms with Gasteiger partial charge in [0.1, 0.15) is 23.1 Å². The standard InChI is InChI=1S/C20H21F2N5O/c21-14-3-4-16(22)15(12-14)17-2-1-6-26(17)19-5-7-27-20(24-19)18(13-23-27)25-8-10-28-11-9-25/h3-5,7,12-13,17H,1-2,6,8-11H2/t17-/m1/s1. The number of anilines is 2. The van der Waals surface area contributed by atoms with E-state index < -0.39 is 5.82 Å². The monoisotopic (exact) mass is 385 g/mol. The average molecular weight is 385 g/mol. The van der Waals surface area contributed by atoms with E-state index in [1.165, 1.54) is 12.1 Å². The Morgan fingerprint density at radius 1 is 1.07 bits per heavy atom. The van der Waals surface area contributed by atoms with E-state index in [0.29, 0.717) is 18.8 Å². The van der Waals surface area contributed by atoms with Gasteiger partial charge in [-0.1, -0.05) is 0 Å². The Hall–Kier alpha value is -2.74. The van der Waals surface area contributed by atoms with Gasteiger partial charge in [0.25, 0.3) is 0 Å². The second-order valence-electron chi connectivity index (χ2n) is 7.20. The van der Waals surface area contributed by atoms with Crippen LogP contribution in [0.15, 0.2) is 36.7 Å². The molecule has 6 nitrogen and oxygen atoms in total. The van der Waals surface area contributed by atoms with Crippen molar-refractivity contribution < 1.29 is 13.5 Å². The van der Waals surface area contributed by atoms with Crippen LogP contribution < -0.4 is 9.80 Å². The minimum absolute atomic E-state index is 0.222. The molecule has 146 valence electrons. The van der Waals surface area contributed by atoms with Gasteiger partial charge in [-0.2, -0.15) is 5.10 Å². The fraction of sp³-hybridized carbons (Fsp3) is 0.400. The molecule has 1 atom stereocenters. The lowest BCUT2D eigenvalue weighted by Gasteiger charge is -2.28. The summed E-state index contributed by atoms with van der Waals surface area (Å²) in [6.07, 6.45) is 5.37. The smallest absolute Gasteiger partial charge is 0.180 e. The van der Waals surface area contributed by atoms with Crippen molar-refractivity contribution in [3.05, 3.63) is 53.9 Å². The van der Waals surface area contributed by atoms with Gasteiger partial charge in [-0.15, -0.1) is 0 Å². The number of hydrogen-bond acceptors (Lipinski definition) is 5. The number of halogens is 2. The number of rotatable bonds is 3. The highest BCUT2D eigenvalue weighted by atomic mass is 19.1. The van der Waals surface area contributed by atoms with Gasteiger partial charge in [0.15, 0.2) is 5.65 Å². The summed E-state index contributed by atoms with van der Waals surface area (Å²) in [6, 6.07) is 5.32. The Labute approximate surface area is 161 Å². The summed E-state index contributed by atoms with van der Waals surface area (Å²) in [5, 5.41) is 4.41. The molecule has 5 rings (SSSR count). The van der Waals surface area contributed by atoms with Crippen LogP contribution in [0.1, 0.15) is 24.4 Å². The highest BCUT2D eigenvalue weighted by Crippen LogP contribution is 2.37. The first-order chi connectivity index (χ1) is 13.7. The third-order valence-corrected chi connectivity index (χ3v) is 5.55. The Kier molecular flexibility index (Phi) is 4.35. The van der Waals surface area contributed by atoms with E-state index in [-0.39, 0.29) is 11.9 Å². The fourth-order valence-corrected chi connectivity index (χ4v) is 4.17. The number of fused-ring (bicyclic) bond motifs is 1. The molecule has 0 radical (unpaired) electrons. The van der Waals surface area contributed by atoms with Crippen molar-refractivity contribution in [2.24, 2.45) is 0 Å². The predicted molar refractivity (Wildman–Crippen MR) is 102 cm³/mol. The number of aromatic nitrogens is 3. The third-order valence-electron chi connectivity index (χ3n) is 5.55. The van der Waals surface area contributed by atoms with Crippen LogP contribution >= 0.6 is 0 Å². The topological polar surface area (TPSA) is 45.9 Å². The molecule has 2 saturated heterocycles. The molecule has 28 heavy (non-hydrogen) atoms. The second kappa shape index (κ2) is 7.01. The molecule has 2 aromatic heterocycles. The Morgan fingerprint density at radius 3 is 2.79 bits per heavy atom. The van der Waals surface area contributed by atoms with Crippen LogP contribution in [0.3, 0.4) is 0 Å². The zero-order chi connectivity index (χ0) is 19.1. The summed E-state index contributed by atoms with van der Waals surface area (Å²) in [7, 11) is 0. The summed E-state index contributed by atoms with van der Waals surface area (Å²) in [5.74, 6) is -0.0385. The van der Waals surface area contributed by atoms with Gasteiger partial charge in [-0.25, -0.2) is 18.3 Å². The Balaban J connectivity index is 1.52. The number of ether oxygens (including phenoxy) is 1. The van der Waals surface area contributed by atoms with E-state index in [1.807, 2.05) is 18.5 Å². The van der Waals surface area contributed by atoms with Crippen molar-refractivity contribution in [1.82, 2.24) is 14.6 Å². The van der Waals surface area contributed by atoms with Crippen molar-refractivity contribution in [2.45, 2.75) is 18.9 Å². The van der Waals surface area contributed by atoms with Crippen LogP contribution in [0, 0.1) is 11.6 Å². The van der Waals surface area contributed by atoms with Gasteiger partial charge >= 0.3 is 0 Å². The number of hydrogen-bond donors (Lipinski definition) is 0. The van der Waals surface area contributed by atoms with Gasteiger partial charge in [0, 0.05) is 31.4 Å². The van der Waals surface area contributed by atoms with Gasteiger partial charge in [0.2, 0.25) is 0 Å². The molecule has 0 saturated carbocycles. The molecule has 2 aliphatic heterocycles. The molecule has 0 N–H and O–H groups in total. The molecule has 0 aliphatic carbocycles. The minimum Gasteiger partial charge on any atom is -0.378 e. The van der Waals surface area contributed by atoms with Crippen molar-refractivity contribution in [3.8, 4) is 0 Å². The van der Waals surface area contributed by atoms with E-state index in [9.17, 15) is 8.78 Å². The molecule has 0 bridgehead atoms. The van der Waals surface area contributed by atoms with Crippen LogP contribution in [0.2, 0.25) is 0 Å². The van der Waals surface area contributed by atoms with E-state index in [4.69, 9.17) is 9.72 Å². The van der Waals surface area contributed by atoms with Gasteiger partial charge < -0.3 is 14.5 Å². The van der Waals surface area contributed by atoms with Gasteiger partial charge in [-0.05, 0) is 37.1 Å². The van der Waals surface area contributed by atoms with Crippen LogP contribution in [0.5, 0.6) is 0 Å². The highest BCUT2D eigenvalue weighted by Gasteiger charge is 2.30. The third kappa shape index (κ3) is 2.97. The van der Waals surface area contributed by atoms with E-state index in [1.54, 1.807) is 4.52 Å². The molecule has 8 heteroatoms. The molecular formula is C20H21F2N5O. The highest BCUT2D eigenvalue weighted by molar-refractivity contribution is 5.70.